The lowest BCUT2D eigenvalue weighted by Gasteiger charge is -2.15. The van der Waals surface area contributed by atoms with E-state index in [9.17, 15) is 4.79 Å². The van der Waals surface area contributed by atoms with E-state index >= 15 is 0 Å². The lowest BCUT2D eigenvalue weighted by Crippen LogP contribution is -2.29. The highest BCUT2D eigenvalue weighted by Gasteiger charge is 2.36. The third kappa shape index (κ3) is 3.00. The van der Waals surface area contributed by atoms with Crippen molar-refractivity contribution in [2.75, 3.05) is 17.7 Å². The normalized spacial score (nSPS) is 18.4. The Morgan fingerprint density at radius 1 is 1.45 bits per heavy atom. The third-order valence-electron chi connectivity index (χ3n) is 3.37. The molecule has 3 heterocycles. The third-order valence-corrected chi connectivity index (χ3v) is 4.99. The number of aryl methyl sites for hydroxylation is 2. The van der Waals surface area contributed by atoms with Crippen LogP contribution in [0.25, 0.3) is 0 Å². The van der Waals surface area contributed by atoms with Crippen LogP contribution >= 0.6 is 23.5 Å². The summed E-state index contributed by atoms with van der Waals surface area (Å²) in [7, 11) is 1.85. The van der Waals surface area contributed by atoms with E-state index in [-0.39, 0.29) is 11.2 Å². The molecule has 0 aromatic carbocycles. The Balaban J connectivity index is 1.69. The topological polar surface area (TPSA) is 77.1 Å². The standard InChI is InChI=1S/C13H17N5O2S2/c1-8-6-11(17(2)16-8)18-5-4-9(12(18)19)22-13-15-14-10(20-13)7-21-3/h6,9H,4-5,7H2,1-3H3/t9-/m0/s1. The molecule has 0 saturated carbocycles. The number of carbonyl (C=O) groups is 1. The number of anilines is 1. The second kappa shape index (κ2) is 6.33. The maximum Gasteiger partial charge on any atom is 0.277 e. The minimum absolute atomic E-state index is 0.0672. The first kappa shape index (κ1) is 15.4. The Labute approximate surface area is 136 Å². The van der Waals surface area contributed by atoms with E-state index in [0.29, 0.717) is 23.4 Å². The van der Waals surface area contributed by atoms with Crippen molar-refractivity contribution in [3.8, 4) is 0 Å². The number of thioether (sulfide) groups is 2. The van der Waals surface area contributed by atoms with Gasteiger partial charge in [-0.2, -0.15) is 16.9 Å². The fourth-order valence-electron chi connectivity index (χ4n) is 2.43. The van der Waals surface area contributed by atoms with Gasteiger partial charge in [0, 0.05) is 19.7 Å². The fraction of sp³-hybridized carbons (Fsp3) is 0.538. The van der Waals surface area contributed by atoms with Gasteiger partial charge in [0.05, 0.1) is 16.7 Å². The molecule has 7 nitrogen and oxygen atoms in total. The molecule has 2 aromatic heterocycles. The van der Waals surface area contributed by atoms with Gasteiger partial charge in [-0.25, -0.2) is 0 Å². The molecule has 0 N–H and O–H groups in total. The number of carbonyl (C=O) groups excluding carboxylic acids is 1. The Morgan fingerprint density at radius 2 is 2.27 bits per heavy atom. The Morgan fingerprint density at radius 3 is 2.95 bits per heavy atom. The molecular weight excluding hydrogens is 322 g/mol. The zero-order valence-corrected chi connectivity index (χ0v) is 14.3. The zero-order chi connectivity index (χ0) is 15.7. The van der Waals surface area contributed by atoms with Crippen LogP contribution in [0.2, 0.25) is 0 Å². The van der Waals surface area contributed by atoms with Crippen molar-refractivity contribution < 1.29 is 9.21 Å². The largest absolute Gasteiger partial charge is 0.415 e. The minimum Gasteiger partial charge on any atom is -0.415 e. The van der Waals surface area contributed by atoms with Crippen molar-refractivity contribution >= 4 is 35.2 Å². The monoisotopic (exact) mass is 339 g/mol. The Bertz CT molecular complexity index is 684. The quantitative estimate of drug-likeness (QED) is 0.823. The fourth-order valence-corrected chi connectivity index (χ4v) is 3.72. The van der Waals surface area contributed by atoms with E-state index in [2.05, 4.69) is 15.3 Å². The lowest BCUT2D eigenvalue weighted by atomic mass is 10.4. The molecule has 0 radical (unpaired) electrons. The Hall–Kier alpha value is -1.48. The molecule has 0 bridgehead atoms. The average molecular weight is 339 g/mol. The first-order valence-electron chi connectivity index (χ1n) is 6.88. The van der Waals surface area contributed by atoms with Crippen LogP contribution in [0, 0.1) is 6.92 Å². The van der Waals surface area contributed by atoms with E-state index in [4.69, 9.17) is 4.42 Å². The molecule has 1 aliphatic rings. The van der Waals surface area contributed by atoms with Gasteiger partial charge in [-0.3, -0.25) is 14.4 Å². The van der Waals surface area contributed by atoms with Crippen molar-refractivity contribution in [3.05, 3.63) is 17.7 Å². The van der Waals surface area contributed by atoms with Crippen molar-refractivity contribution in [1.29, 1.82) is 0 Å². The van der Waals surface area contributed by atoms with Crippen LogP contribution in [0.5, 0.6) is 0 Å². The van der Waals surface area contributed by atoms with E-state index in [1.54, 1.807) is 21.3 Å². The molecule has 118 valence electrons. The first-order chi connectivity index (χ1) is 10.6. The van der Waals surface area contributed by atoms with Crippen molar-refractivity contribution in [3.63, 3.8) is 0 Å². The van der Waals surface area contributed by atoms with Gasteiger partial charge in [0.25, 0.3) is 5.22 Å². The minimum atomic E-state index is -0.183. The molecule has 1 saturated heterocycles. The number of hydrogen-bond acceptors (Lipinski definition) is 7. The summed E-state index contributed by atoms with van der Waals surface area (Å²) in [6.07, 6.45) is 2.74. The number of amides is 1. The second-order valence-electron chi connectivity index (χ2n) is 5.05. The maximum atomic E-state index is 12.6. The summed E-state index contributed by atoms with van der Waals surface area (Å²) in [5.74, 6) is 2.18. The second-order valence-corrected chi connectivity index (χ2v) is 7.07. The van der Waals surface area contributed by atoms with Gasteiger partial charge in [0.2, 0.25) is 11.8 Å². The number of rotatable bonds is 5. The van der Waals surface area contributed by atoms with Crippen molar-refractivity contribution in [2.45, 2.75) is 29.6 Å². The van der Waals surface area contributed by atoms with E-state index in [0.717, 1.165) is 17.9 Å². The van der Waals surface area contributed by atoms with Crippen LogP contribution < -0.4 is 4.90 Å². The summed E-state index contributed by atoms with van der Waals surface area (Å²) in [5.41, 5.74) is 0.903. The molecule has 22 heavy (non-hydrogen) atoms. The summed E-state index contributed by atoms with van der Waals surface area (Å²) in [6.45, 7) is 2.60. The van der Waals surface area contributed by atoms with Gasteiger partial charge < -0.3 is 4.42 Å². The highest BCUT2D eigenvalue weighted by atomic mass is 32.2. The van der Waals surface area contributed by atoms with Crippen LogP contribution in [0.1, 0.15) is 18.0 Å². The highest BCUT2D eigenvalue weighted by Crippen LogP contribution is 2.32. The predicted octanol–water partition coefficient (Wildman–Crippen LogP) is 1.87. The lowest BCUT2D eigenvalue weighted by molar-refractivity contribution is -0.116. The average Bonchev–Trinajstić information content (AvgIpc) is 3.13. The summed E-state index contributed by atoms with van der Waals surface area (Å²) in [6, 6.07) is 1.92. The van der Waals surface area contributed by atoms with Crippen LogP contribution in [-0.2, 0) is 17.6 Å². The molecule has 1 aliphatic heterocycles. The molecule has 0 spiro atoms. The SMILES string of the molecule is CSCc1nnc(S[C@H]2CCN(c3cc(C)nn3C)C2=O)o1. The highest BCUT2D eigenvalue weighted by molar-refractivity contribution is 8.00. The Kier molecular flexibility index (Phi) is 4.44. The molecular formula is C13H17N5O2S2. The van der Waals surface area contributed by atoms with Crippen LogP contribution in [0.15, 0.2) is 15.7 Å². The van der Waals surface area contributed by atoms with Crippen molar-refractivity contribution in [1.82, 2.24) is 20.0 Å². The van der Waals surface area contributed by atoms with Gasteiger partial charge in [-0.15, -0.1) is 10.2 Å². The van der Waals surface area contributed by atoms with E-state index < -0.39 is 0 Å². The molecule has 9 heteroatoms. The van der Waals surface area contributed by atoms with Gasteiger partial charge in [-0.05, 0) is 19.6 Å². The van der Waals surface area contributed by atoms with Crippen LogP contribution in [-0.4, -0.2) is 43.9 Å². The molecule has 1 atom stereocenters. The smallest absolute Gasteiger partial charge is 0.277 e. The molecule has 1 amide bonds. The van der Waals surface area contributed by atoms with Gasteiger partial charge in [-0.1, -0.05) is 11.8 Å². The summed E-state index contributed by atoms with van der Waals surface area (Å²) < 4.78 is 7.27. The zero-order valence-electron chi connectivity index (χ0n) is 12.6. The molecule has 0 unspecified atom stereocenters. The number of aromatic nitrogens is 4. The van der Waals surface area contributed by atoms with Crippen molar-refractivity contribution in [2.24, 2.45) is 7.05 Å². The molecule has 0 aliphatic carbocycles. The predicted molar refractivity (Wildman–Crippen MR) is 86.1 cm³/mol. The van der Waals surface area contributed by atoms with Crippen LogP contribution in [0.4, 0.5) is 5.82 Å². The first-order valence-corrected chi connectivity index (χ1v) is 9.16. The summed E-state index contributed by atoms with van der Waals surface area (Å²) >= 11 is 2.97. The summed E-state index contributed by atoms with van der Waals surface area (Å²) in [5, 5.41) is 12.5. The van der Waals surface area contributed by atoms with Gasteiger partial charge in [0.15, 0.2) is 0 Å². The summed E-state index contributed by atoms with van der Waals surface area (Å²) in [4.78, 5) is 14.3. The van der Waals surface area contributed by atoms with Crippen LogP contribution in [0.3, 0.4) is 0 Å². The van der Waals surface area contributed by atoms with E-state index in [1.165, 1.54) is 11.8 Å². The number of nitrogens with zero attached hydrogens (tertiary/aromatic N) is 5. The molecule has 3 rings (SSSR count). The molecule has 1 fully saturated rings. The van der Waals surface area contributed by atoms with E-state index in [1.807, 2.05) is 26.3 Å². The maximum absolute atomic E-state index is 12.6. The van der Waals surface area contributed by atoms with Gasteiger partial charge in [0.1, 0.15) is 5.82 Å². The molecule has 2 aromatic rings. The van der Waals surface area contributed by atoms with Gasteiger partial charge >= 0.3 is 0 Å². The number of hydrogen-bond donors (Lipinski definition) is 0.